The standard InChI is InChI=1S/C31H46O3/c1-19(2)20-9-11-28(5)21(20)10-12-30(7)25(28)24(32)17-22-23-18-27(3,4)13-15-31(23,26(33)34-8)16-14-29(22,30)6/h17,19,23,25H,9-16,18H2,1-8H3/t23-,25-,28+,29-,30-,31+/m1/s1. The summed E-state index contributed by atoms with van der Waals surface area (Å²) in [4.78, 5) is 27.5. The van der Waals surface area contributed by atoms with Gasteiger partial charge in [0.25, 0.3) is 0 Å². The second kappa shape index (κ2) is 7.32. The zero-order valence-corrected chi connectivity index (χ0v) is 22.9. The lowest BCUT2D eigenvalue weighted by Crippen LogP contribution is -2.63. The molecule has 6 atom stereocenters. The van der Waals surface area contributed by atoms with Crippen LogP contribution in [0.3, 0.4) is 0 Å². The van der Waals surface area contributed by atoms with Crippen molar-refractivity contribution in [3.8, 4) is 0 Å². The summed E-state index contributed by atoms with van der Waals surface area (Å²) in [6.07, 6.45) is 11.3. The third kappa shape index (κ3) is 2.88. The van der Waals surface area contributed by atoms with Crippen molar-refractivity contribution in [2.24, 2.45) is 44.8 Å². The Bertz CT molecular complexity index is 998. The van der Waals surface area contributed by atoms with Crippen LogP contribution in [0, 0.1) is 44.8 Å². The second-order valence-corrected chi connectivity index (χ2v) is 14.3. The van der Waals surface area contributed by atoms with E-state index in [9.17, 15) is 9.59 Å². The summed E-state index contributed by atoms with van der Waals surface area (Å²) >= 11 is 0. The van der Waals surface area contributed by atoms with Crippen molar-refractivity contribution < 1.29 is 14.3 Å². The highest BCUT2D eigenvalue weighted by atomic mass is 16.5. The lowest BCUT2D eigenvalue weighted by atomic mass is 9.36. The molecule has 0 saturated heterocycles. The number of ether oxygens (including phenoxy) is 1. The molecule has 0 spiro atoms. The molecule has 0 aromatic rings. The summed E-state index contributed by atoms with van der Waals surface area (Å²) in [6.45, 7) is 16.6. The number of carbonyl (C=O) groups excluding carboxylic acids is 2. The van der Waals surface area contributed by atoms with Crippen LogP contribution in [-0.2, 0) is 14.3 Å². The Balaban J connectivity index is 1.66. The average molecular weight is 467 g/mol. The molecule has 3 fully saturated rings. The highest BCUT2D eigenvalue weighted by Gasteiger charge is 2.69. The van der Waals surface area contributed by atoms with Gasteiger partial charge in [-0.05, 0) is 97.4 Å². The number of hydrogen-bond donors (Lipinski definition) is 0. The van der Waals surface area contributed by atoms with E-state index in [0.29, 0.717) is 11.7 Å². The quantitative estimate of drug-likeness (QED) is 0.313. The van der Waals surface area contributed by atoms with Crippen LogP contribution in [0.15, 0.2) is 22.8 Å². The topological polar surface area (TPSA) is 43.4 Å². The minimum absolute atomic E-state index is 0.0164. The smallest absolute Gasteiger partial charge is 0.312 e. The summed E-state index contributed by atoms with van der Waals surface area (Å²) < 4.78 is 5.44. The van der Waals surface area contributed by atoms with Gasteiger partial charge in [0.05, 0.1) is 12.5 Å². The van der Waals surface area contributed by atoms with Gasteiger partial charge in [-0.15, -0.1) is 0 Å². The molecule has 3 saturated carbocycles. The van der Waals surface area contributed by atoms with Crippen molar-refractivity contribution in [2.75, 3.05) is 7.11 Å². The molecule has 0 amide bonds. The van der Waals surface area contributed by atoms with Crippen LogP contribution >= 0.6 is 0 Å². The Morgan fingerprint density at radius 2 is 1.65 bits per heavy atom. The normalized spacial score (nSPS) is 45.2. The maximum atomic E-state index is 14.2. The predicted molar refractivity (Wildman–Crippen MR) is 136 cm³/mol. The highest BCUT2D eigenvalue weighted by Crippen LogP contribution is 2.74. The number of hydrogen-bond acceptors (Lipinski definition) is 3. The van der Waals surface area contributed by atoms with Crippen LogP contribution in [0.2, 0.25) is 0 Å². The minimum atomic E-state index is -0.457. The van der Waals surface area contributed by atoms with Gasteiger partial charge in [-0.3, -0.25) is 9.59 Å². The molecule has 0 aromatic carbocycles. The summed E-state index contributed by atoms with van der Waals surface area (Å²) in [5.41, 5.74) is 4.11. The number of allylic oxidation sites excluding steroid dienone is 4. The fraction of sp³-hybridized carbons (Fsp3) is 0.806. The SMILES string of the molecule is COC(=O)[C@]12CCC(C)(C)C[C@@H]1C1=CC(=O)[C@@H]3[C@@]4(C)CCC(C(C)C)=C4CC[C@@]3(C)[C@]1(C)CC2. The number of esters is 1. The van der Waals surface area contributed by atoms with Crippen LogP contribution in [0.5, 0.6) is 0 Å². The molecule has 5 aliphatic rings. The number of carbonyl (C=O) groups is 2. The van der Waals surface area contributed by atoms with Gasteiger partial charge in [-0.25, -0.2) is 0 Å². The van der Waals surface area contributed by atoms with Crippen molar-refractivity contribution in [1.82, 2.24) is 0 Å². The lowest BCUT2D eigenvalue weighted by molar-refractivity contribution is -0.172. The van der Waals surface area contributed by atoms with Crippen LogP contribution < -0.4 is 0 Å². The molecule has 0 unspecified atom stereocenters. The van der Waals surface area contributed by atoms with E-state index in [1.165, 1.54) is 5.57 Å². The number of fused-ring (bicyclic) bond motifs is 7. The third-order valence-corrected chi connectivity index (χ3v) is 12.0. The highest BCUT2D eigenvalue weighted by molar-refractivity contribution is 5.96. The molecule has 5 rings (SSSR count). The molecule has 0 bridgehead atoms. The van der Waals surface area contributed by atoms with Crippen LogP contribution in [0.25, 0.3) is 0 Å². The van der Waals surface area contributed by atoms with E-state index in [1.54, 1.807) is 18.3 Å². The Morgan fingerprint density at radius 1 is 0.971 bits per heavy atom. The Kier molecular flexibility index (Phi) is 5.24. The van der Waals surface area contributed by atoms with Crippen molar-refractivity contribution in [3.05, 3.63) is 22.8 Å². The van der Waals surface area contributed by atoms with Gasteiger partial charge in [0, 0.05) is 5.92 Å². The average Bonchev–Trinajstić information content (AvgIpc) is 3.11. The fourth-order valence-electron chi connectivity index (χ4n) is 9.88. The molecule has 188 valence electrons. The van der Waals surface area contributed by atoms with Crippen LogP contribution in [-0.4, -0.2) is 18.9 Å². The van der Waals surface area contributed by atoms with Crippen molar-refractivity contribution >= 4 is 11.8 Å². The Labute approximate surface area is 207 Å². The number of ketones is 1. The van der Waals surface area contributed by atoms with E-state index in [1.807, 2.05) is 0 Å². The first-order chi connectivity index (χ1) is 15.8. The van der Waals surface area contributed by atoms with E-state index >= 15 is 0 Å². The van der Waals surface area contributed by atoms with E-state index in [4.69, 9.17) is 4.74 Å². The molecule has 3 nitrogen and oxygen atoms in total. The molecule has 0 N–H and O–H groups in total. The first-order valence-corrected chi connectivity index (χ1v) is 13.8. The van der Waals surface area contributed by atoms with Gasteiger partial charge in [-0.2, -0.15) is 0 Å². The summed E-state index contributed by atoms with van der Waals surface area (Å²) in [7, 11) is 1.54. The first kappa shape index (κ1) is 24.3. The Hall–Kier alpha value is -1.38. The molecule has 3 heteroatoms. The predicted octanol–water partition coefficient (Wildman–Crippen LogP) is 7.45. The van der Waals surface area contributed by atoms with Crippen molar-refractivity contribution in [3.63, 3.8) is 0 Å². The molecule has 0 heterocycles. The first-order valence-electron chi connectivity index (χ1n) is 13.8. The van der Waals surface area contributed by atoms with Gasteiger partial charge in [0.1, 0.15) is 0 Å². The fourth-order valence-corrected chi connectivity index (χ4v) is 9.88. The second-order valence-electron chi connectivity index (χ2n) is 14.3. The molecular weight excluding hydrogens is 420 g/mol. The van der Waals surface area contributed by atoms with E-state index in [-0.39, 0.29) is 39.5 Å². The van der Waals surface area contributed by atoms with E-state index < -0.39 is 5.41 Å². The monoisotopic (exact) mass is 466 g/mol. The maximum Gasteiger partial charge on any atom is 0.312 e. The third-order valence-electron chi connectivity index (χ3n) is 12.0. The Morgan fingerprint density at radius 3 is 2.29 bits per heavy atom. The molecule has 0 aromatic heterocycles. The zero-order valence-electron chi connectivity index (χ0n) is 22.9. The minimum Gasteiger partial charge on any atom is -0.469 e. The number of rotatable bonds is 2. The van der Waals surface area contributed by atoms with E-state index in [0.717, 1.165) is 57.8 Å². The summed E-state index contributed by atoms with van der Waals surface area (Å²) in [6, 6.07) is 0. The summed E-state index contributed by atoms with van der Waals surface area (Å²) in [5.74, 6) is 1.03. The van der Waals surface area contributed by atoms with Gasteiger partial charge in [-0.1, -0.05) is 65.2 Å². The van der Waals surface area contributed by atoms with E-state index in [2.05, 4.69) is 54.5 Å². The van der Waals surface area contributed by atoms with Gasteiger partial charge in [0.2, 0.25) is 0 Å². The van der Waals surface area contributed by atoms with Crippen molar-refractivity contribution in [1.29, 1.82) is 0 Å². The van der Waals surface area contributed by atoms with Gasteiger partial charge < -0.3 is 4.74 Å². The maximum absolute atomic E-state index is 14.2. The van der Waals surface area contributed by atoms with Gasteiger partial charge >= 0.3 is 5.97 Å². The summed E-state index contributed by atoms with van der Waals surface area (Å²) in [5, 5.41) is 0. The molecule has 5 aliphatic carbocycles. The lowest BCUT2D eigenvalue weighted by Gasteiger charge is -2.66. The molecule has 0 radical (unpaired) electrons. The molecule has 0 aliphatic heterocycles. The largest absolute Gasteiger partial charge is 0.469 e. The zero-order chi connectivity index (χ0) is 24.9. The van der Waals surface area contributed by atoms with Crippen LogP contribution in [0.1, 0.15) is 106 Å². The van der Waals surface area contributed by atoms with Crippen molar-refractivity contribution in [2.45, 2.75) is 106 Å². The molecular formula is C31H46O3. The van der Waals surface area contributed by atoms with Gasteiger partial charge in [0.15, 0.2) is 5.78 Å². The number of methoxy groups -OCH3 is 1. The molecule has 34 heavy (non-hydrogen) atoms. The van der Waals surface area contributed by atoms with Crippen LogP contribution in [0.4, 0.5) is 0 Å².